The number of imidazole rings is 1. The van der Waals surface area contributed by atoms with Crippen molar-refractivity contribution in [1.82, 2.24) is 14.7 Å². The van der Waals surface area contributed by atoms with E-state index in [1.807, 2.05) is 0 Å². The second-order valence-corrected chi connectivity index (χ2v) is 6.28. The molecule has 2 aromatic rings. The van der Waals surface area contributed by atoms with E-state index in [1.165, 1.54) is 24.4 Å². The summed E-state index contributed by atoms with van der Waals surface area (Å²) in [4.78, 5) is 7.43. The lowest BCUT2D eigenvalue weighted by atomic mass is 9.95. The van der Waals surface area contributed by atoms with Crippen molar-refractivity contribution in [3.8, 4) is 0 Å². The van der Waals surface area contributed by atoms with E-state index in [0.717, 1.165) is 31.2 Å². The van der Waals surface area contributed by atoms with Crippen molar-refractivity contribution in [1.29, 1.82) is 0 Å². The molecule has 3 heterocycles. The van der Waals surface area contributed by atoms with Gasteiger partial charge < -0.3 is 14.6 Å². The average molecular weight is 286 g/mol. The number of nitrogens with one attached hydrogen (secondary N) is 1. The summed E-state index contributed by atoms with van der Waals surface area (Å²) in [6, 6.07) is 6.81. The molecule has 1 saturated heterocycles. The van der Waals surface area contributed by atoms with E-state index in [-0.39, 0.29) is 0 Å². The molecular weight excluding hydrogens is 260 g/mol. The van der Waals surface area contributed by atoms with Crippen molar-refractivity contribution in [2.75, 3.05) is 18.0 Å². The summed E-state index contributed by atoms with van der Waals surface area (Å²) < 4.78 is 2.23. The molecule has 0 bridgehead atoms. The van der Waals surface area contributed by atoms with Gasteiger partial charge in [-0.1, -0.05) is 19.9 Å². The summed E-state index contributed by atoms with van der Waals surface area (Å²) >= 11 is 0. The molecule has 0 amide bonds. The van der Waals surface area contributed by atoms with Gasteiger partial charge in [0.15, 0.2) is 5.82 Å². The van der Waals surface area contributed by atoms with Crippen LogP contribution in [0.2, 0.25) is 0 Å². The third-order valence-electron chi connectivity index (χ3n) is 4.54. The average Bonchev–Trinajstić information content (AvgIpc) is 2.86. The minimum absolute atomic E-state index is 0.575. The first-order valence-electron chi connectivity index (χ1n) is 8.14. The van der Waals surface area contributed by atoms with Crippen LogP contribution < -0.4 is 10.2 Å². The van der Waals surface area contributed by atoms with E-state index >= 15 is 0 Å². The number of hydrogen-bond donors (Lipinski definition) is 1. The molecule has 1 N–H and O–H groups in total. The number of aromatic nitrogens is 2. The number of rotatable bonds is 4. The van der Waals surface area contributed by atoms with Crippen LogP contribution in [0.4, 0.5) is 5.82 Å². The van der Waals surface area contributed by atoms with Crippen molar-refractivity contribution in [2.24, 2.45) is 5.92 Å². The molecule has 0 aromatic carbocycles. The molecule has 21 heavy (non-hydrogen) atoms. The van der Waals surface area contributed by atoms with Crippen LogP contribution in [0.15, 0.2) is 24.4 Å². The van der Waals surface area contributed by atoms with Gasteiger partial charge in [0.25, 0.3) is 0 Å². The highest BCUT2D eigenvalue weighted by atomic mass is 15.3. The fourth-order valence-electron chi connectivity index (χ4n) is 3.26. The lowest BCUT2D eigenvalue weighted by Gasteiger charge is -2.37. The number of nitrogens with zero attached hydrogens (tertiary/aromatic N) is 3. The minimum atomic E-state index is 0.575. The third kappa shape index (κ3) is 2.77. The van der Waals surface area contributed by atoms with E-state index in [4.69, 9.17) is 4.98 Å². The summed E-state index contributed by atoms with van der Waals surface area (Å²) in [5.74, 6) is 1.92. The zero-order valence-electron chi connectivity index (χ0n) is 13.3. The molecule has 1 fully saturated rings. The van der Waals surface area contributed by atoms with Crippen molar-refractivity contribution in [2.45, 2.75) is 46.2 Å². The van der Waals surface area contributed by atoms with Crippen LogP contribution in [0, 0.1) is 5.92 Å². The van der Waals surface area contributed by atoms with E-state index < -0.39 is 0 Å². The molecular formula is C17H26N4. The Labute approximate surface area is 127 Å². The molecule has 0 radical (unpaired) electrons. The molecule has 3 rings (SSSR count). The second-order valence-electron chi connectivity index (χ2n) is 6.28. The van der Waals surface area contributed by atoms with Gasteiger partial charge in [0.2, 0.25) is 0 Å². The molecule has 0 saturated carbocycles. The van der Waals surface area contributed by atoms with Crippen LogP contribution >= 0.6 is 0 Å². The molecule has 4 heteroatoms. The topological polar surface area (TPSA) is 32.6 Å². The lowest BCUT2D eigenvalue weighted by molar-refractivity contribution is 0.387. The van der Waals surface area contributed by atoms with Crippen molar-refractivity contribution >= 4 is 11.5 Å². The second kappa shape index (κ2) is 6.06. The molecule has 4 nitrogen and oxygen atoms in total. The Balaban J connectivity index is 2.03. The van der Waals surface area contributed by atoms with Crippen LogP contribution in [-0.4, -0.2) is 28.5 Å². The normalized spacial score (nSPS) is 22.9. The van der Waals surface area contributed by atoms with Crippen LogP contribution in [0.5, 0.6) is 0 Å². The van der Waals surface area contributed by atoms with Crippen molar-refractivity contribution < 1.29 is 0 Å². The third-order valence-corrected chi connectivity index (χ3v) is 4.54. The van der Waals surface area contributed by atoms with E-state index in [0.29, 0.717) is 6.04 Å². The molecule has 2 atom stereocenters. The van der Waals surface area contributed by atoms with Gasteiger partial charge >= 0.3 is 0 Å². The SMILES string of the molecule is CCNCc1c(N2CC(C)CCC2C)nc2ccccn12. The molecule has 2 unspecified atom stereocenters. The quantitative estimate of drug-likeness (QED) is 0.937. The van der Waals surface area contributed by atoms with Gasteiger partial charge in [-0.15, -0.1) is 0 Å². The summed E-state index contributed by atoms with van der Waals surface area (Å²) in [6.45, 7) is 9.78. The fourth-order valence-corrected chi connectivity index (χ4v) is 3.26. The Morgan fingerprint density at radius 3 is 2.95 bits per heavy atom. The molecule has 0 spiro atoms. The summed E-state index contributed by atoms with van der Waals surface area (Å²) in [7, 11) is 0. The standard InChI is InChI=1S/C17H26N4/c1-4-18-11-15-17(19-16-7-5-6-10-20(15)16)21-12-13(2)8-9-14(21)3/h5-7,10,13-14,18H,4,8-9,11-12H2,1-3H3. The maximum Gasteiger partial charge on any atom is 0.152 e. The van der Waals surface area contributed by atoms with Crippen LogP contribution in [0.3, 0.4) is 0 Å². The van der Waals surface area contributed by atoms with Gasteiger partial charge in [-0.05, 0) is 44.4 Å². The van der Waals surface area contributed by atoms with E-state index in [1.54, 1.807) is 0 Å². The number of piperidine rings is 1. The maximum atomic E-state index is 4.92. The summed E-state index contributed by atoms with van der Waals surface area (Å²) in [6.07, 6.45) is 4.71. The van der Waals surface area contributed by atoms with Gasteiger partial charge in [-0.2, -0.15) is 0 Å². The highest BCUT2D eigenvalue weighted by molar-refractivity contribution is 5.56. The lowest BCUT2D eigenvalue weighted by Crippen LogP contribution is -2.42. The van der Waals surface area contributed by atoms with Crippen LogP contribution in [0.1, 0.15) is 39.3 Å². The Kier molecular flexibility index (Phi) is 4.15. The zero-order valence-corrected chi connectivity index (χ0v) is 13.3. The Morgan fingerprint density at radius 1 is 1.29 bits per heavy atom. The number of fused-ring (bicyclic) bond motifs is 1. The predicted molar refractivity (Wildman–Crippen MR) is 87.8 cm³/mol. The molecule has 1 aliphatic heterocycles. The zero-order chi connectivity index (χ0) is 14.8. The molecule has 2 aromatic heterocycles. The monoisotopic (exact) mass is 286 g/mol. The highest BCUT2D eigenvalue weighted by Crippen LogP contribution is 2.30. The van der Waals surface area contributed by atoms with E-state index in [9.17, 15) is 0 Å². The van der Waals surface area contributed by atoms with E-state index in [2.05, 4.69) is 59.8 Å². The fraction of sp³-hybridized carbons (Fsp3) is 0.588. The van der Waals surface area contributed by atoms with Gasteiger partial charge in [0.1, 0.15) is 5.65 Å². The van der Waals surface area contributed by atoms with Gasteiger partial charge in [-0.3, -0.25) is 0 Å². The van der Waals surface area contributed by atoms with Gasteiger partial charge in [0, 0.05) is 25.3 Å². The number of hydrogen-bond acceptors (Lipinski definition) is 3. The first kappa shape index (κ1) is 14.4. The smallest absolute Gasteiger partial charge is 0.152 e. The molecule has 1 aliphatic rings. The maximum absolute atomic E-state index is 4.92. The Morgan fingerprint density at radius 2 is 2.14 bits per heavy atom. The number of pyridine rings is 1. The minimum Gasteiger partial charge on any atom is -0.352 e. The highest BCUT2D eigenvalue weighted by Gasteiger charge is 2.27. The predicted octanol–water partition coefficient (Wildman–Crippen LogP) is 3.07. The van der Waals surface area contributed by atoms with Crippen LogP contribution in [0.25, 0.3) is 5.65 Å². The van der Waals surface area contributed by atoms with Crippen molar-refractivity contribution in [3.05, 3.63) is 30.1 Å². The number of anilines is 1. The van der Waals surface area contributed by atoms with Gasteiger partial charge in [0.05, 0.1) is 5.69 Å². The summed E-state index contributed by atoms with van der Waals surface area (Å²) in [5, 5.41) is 3.46. The van der Waals surface area contributed by atoms with Gasteiger partial charge in [-0.25, -0.2) is 4.98 Å². The van der Waals surface area contributed by atoms with Crippen LogP contribution in [-0.2, 0) is 6.54 Å². The molecule has 114 valence electrons. The Bertz CT molecular complexity index is 604. The molecule has 0 aliphatic carbocycles. The Hall–Kier alpha value is -1.55. The summed E-state index contributed by atoms with van der Waals surface area (Å²) in [5.41, 5.74) is 2.33. The van der Waals surface area contributed by atoms with Crippen molar-refractivity contribution in [3.63, 3.8) is 0 Å². The first-order chi connectivity index (χ1) is 10.2. The first-order valence-corrected chi connectivity index (χ1v) is 8.14. The largest absolute Gasteiger partial charge is 0.352 e.